The Balaban J connectivity index is 1.24. The van der Waals surface area contributed by atoms with Gasteiger partial charge in [0.2, 0.25) is 0 Å². The zero-order valence-electron chi connectivity index (χ0n) is 35.6. The van der Waals surface area contributed by atoms with Gasteiger partial charge in [-0.05, 0) is 138 Å². The summed E-state index contributed by atoms with van der Waals surface area (Å²) >= 11 is 2.40. The molecular formula is C47H67NO7S2. The molecule has 8 nitrogen and oxygen atoms in total. The molecule has 0 spiro atoms. The van der Waals surface area contributed by atoms with Crippen molar-refractivity contribution in [3.05, 3.63) is 33.0 Å². The summed E-state index contributed by atoms with van der Waals surface area (Å²) < 4.78 is 18.7. The first-order valence-corrected chi connectivity index (χ1v) is 23.7. The molecule has 1 N–H and O–H groups in total. The van der Waals surface area contributed by atoms with E-state index in [0.717, 1.165) is 80.6 Å². The van der Waals surface area contributed by atoms with E-state index in [1.807, 2.05) is 6.07 Å². The van der Waals surface area contributed by atoms with E-state index in [2.05, 4.69) is 39.5 Å². The minimum absolute atomic E-state index is 0.0406. The molecule has 0 unspecified atom stereocenters. The SMILES string of the molecule is [C-]#[N+]/C(C(=O)OCCC(C)(C)O)=C1\Sc2c(OC(=O)C3CCC(C4CCC(C)CC4)CC3)cc(C(C)(C)C)c(OC(=O)C3CCC(C4CCC(C)CC4)CC3)c2S1. The van der Waals surface area contributed by atoms with Gasteiger partial charge in [-0.2, -0.15) is 0 Å². The van der Waals surface area contributed by atoms with Crippen molar-refractivity contribution >= 4 is 41.4 Å². The standard InChI is InChI=1S/C47H67NO7S2/c1-28-9-13-30(14-10-28)32-17-21-34(22-18-32)42(49)54-37-27-36(46(3,4)5)39(55-43(50)35-23-19-33(20-24-35)31-15-11-29(2)12-16-31)41-40(37)56-45(57-41)38(48-8)44(51)53-26-25-47(6,7)52/h27-35,52H,9-26H2,1-7H3/b45-38+. The Morgan fingerprint density at radius 3 is 1.58 bits per heavy atom. The van der Waals surface area contributed by atoms with Crippen LogP contribution in [-0.4, -0.2) is 35.2 Å². The van der Waals surface area contributed by atoms with Crippen LogP contribution in [0.15, 0.2) is 25.8 Å². The number of ether oxygens (including phenoxy) is 3. The highest BCUT2D eigenvalue weighted by Gasteiger charge is 2.40. The molecule has 10 heteroatoms. The lowest BCUT2D eigenvalue weighted by atomic mass is 9.69. The number of benzene rings is 1. The Hall–Kier alpha value is -2.48. The molecule has 1 aromatic rings. The summed E-state index contributed by atoms with van der Waals surface area (Å²) in [7, 11) is 0. The molecule has 6 rings (SSSR count). The summed E-state index contributed by atoms with van der Waals surface area (Å²) in [6.45, 7) is 22.1. The van der Waals surface area contributed by atoms with Gasteiger partial charge in [-0.1, -0.05) is 83.8 Å². The molecule has 0 bridgehead atoms. The van der Waals surface area contributed by atoms with E-state index >= 15 is 0 Å². The fourth-order valence-electron chi connectivity index (χ4n) is 10.0. The molecule has 4 fully saturated rings. The lowest BCUT2D eigenvalue weighted by Crippen LogP contribution is -2.30. The normalized spacial score (nSPS) is 30.4. The number of hydrogen-bond donors (Lipinski definition) is 1. The summed E-state index contributed by atoms with van der Waals surface area (Å²) in [5.74, 6) is 3.63. The fraction of sp³-hybridized carbons (Fsp3) is 0.745. The summed E-state index contributed by atoms with van der Waals surface area (Å²) in [5, 5.41) is 10.1. The first-order chi connectivity index (χ1) is 27.0. The maximum absolute atomic E-state index is 14.1. The molecule has 0 saturated heterocycles. The van der Waals surface area contributed by atoms with Crippen LogP contribution < -0.4 is 9.47 Å². The molecule has 4 aliphatic carbocycles. The number of carbonyl (C=O) groups excluding carboxylic acids is 3. The second-order valence-electron chi connectivity index (χ2n) is 19.9. The van der Waals surface area contributed by atoms with Gasteiger partial charge in [0.05, 0.1) is 44.6 Å². The van der Waals surface area contributed by atoms with E-state index in [-0.39, 0.29) is 42.5 Å². The third kappa shape index (κ3) is 11.2. The third-order valence-corrected chi connectivity index (χ3v) is 16.5. The molecule has 1 heterocycles. The molecule has 1 aliphatic heterocycles. The Morgan fingerprint density at radius 1 is 0.702 bits per heavy atom. The molecular weight excluding hydrogens is 755 g/mol. The average Bonchev–Trinajstić information content (AvgIpc) is 3.61. The van der Waals surface area contributed by atoms with Crippen LogP contribution in [0.2, 0.25) is 0 Å². The number of fused-ring (bicyclic) bond motifs is 1. The summed E-state index contributed by atoms with van der Waals surface area (Å²) in [4.78, 5) is 46.1. The maximum Gasteiger partial charge on any atom is 0.338 e. The predicted octanol–water partition coefficient (Wildman–Crippen LogP) is 12.1. The highest BCUT2D eigenvalue weighted by atomic mass is 32.2. The second-order valence-corrected chi connectivity index (χ2v) is 22.2. The van der Waals surface area contributed by atoms with Crippen molar-refractivity contribution in [3.63, 3.8) is 0 Å². The molecule has 0 radical (unpaired) electrons. The first-order valence-electron chi connectivity index (χ1n) is 22.0. The van der Waals surface area contributed by atoms with Crippen LogP contribution in [0, 0.1) is 53.9 Å². The average molecular weight is 822 g/mol. The maximum atomic E-state index is 14.1. The number of nitrogens with zero attached hydrogens (tertiary/aromatic N) is 1. The number of rotatable bonds is 10. The van der Waals surface area contributed by atoms with Crippen LogP contribution in [-0.2, 0) is 24.5 Å². The van der Waals surface area contributed by atoms with Gasteiger partial charge < -0.3 is 19.3 Å². The van der Waals surface area contributed by atoms with Crippen LogP contribution in [0.5, 0.6) is 11.5 Å². The van der Waals surface area contributed by atoms with Gasteiger partial charge in [-0.25, -0.2) is 4.85 Å². The van der Waals surface area contributed by atoms with Gasteiger partial charge in [0.15, 0.2) is 0 Å². The van der Waals surface area contributed by atoms with Gasteiger partial charge in [0.25, 0.3) is 5.70 Å². The number of esters is 3. The number of aliphatic hydroxyl groups is 1. The van der Waals surface area contributed by atoms with Crippen LogP contribution in [0.1, 0.15) is 163 Å². The Labute approximate surface area is 350 Å². The largest absolute Gasteiger partial charge is 0.470 e. The summed E-state index contributed by atoms with van der Waals surface area (Å²) in [6.07, 6.45) is 18.0. The number of thioether (sulfide) groups is 2. The molecule has 5 aliphatic rings. The monoisotopic (exact) mass is 821 g/mol. The number of hydrogen-bond acceptors (Lipinski definition) is 9. The summed E-state index contributed by atoms with van der Waals surface area (Å²) in [5.41, 5.74) is -0.965. The van der Waals surface area contributed by atoms with Crippen molar-refractivity contribution in [1.29, 1.82) is 0 Å². The zero-order valence-corrected chi connectivity index (χ0v) is 37.2. The highest BCUT2D eigenvalue weighted by Crippen LogP contribution is 2.61. The van der Waals surface area contributed by atoms with E-state index in [1.165, 1.54) is 74.9 Å². The molecule has 4 saturated carbocycles. The topological polar surface area (TPSA) is 103 Å². The second kappa shape index (κ2) is 18.8. The third-order valence-electron chi connectivity index (χ3n) is 13.9. The van der Waals surface area contributed by atoms with Crippen molar-refractivity contribution in [2.24, 2.45) is 47.3 Å². The van der Waals surface area contributed by atoms with Crippen LogP contribution in [0.3, 0.4) is 0 Å². The fourth-order valence-corrected chi connectivity index (χ4v) is 12.6. The van der Waals surface area contributed by atoms with Crippen LogP contribution in [0.25, 0.3) is 4.85 Å². The molecule has 0 aromatic heterocycles. The van der Waals surface area contributed by atoms with Gasteiger partial charge in [0, 0.05) is 12.0 Å². The van der Waals surface area contributed by atoms with Gasteiger partial charge in [-0.3, -0.25) is 14.4 Å². The van der Waals surface area contributed by atoms with Gasteiger partial charge >= 0.3 is 17.9 Å². The lowest BCUT2D eigenvalue weighted by Gasteiger charge is -2.37. The first kappa shape index (κ1) is 44.1. The van der Waals surface area contributed by atoms with Crippen LogP contribution in [0.4, 0.5) is 0 Å². The number of carbonyl (C=O) groups is 3. The van der Waals surface area contributed by atoms with Crippen molar-refractivity contribution in [2.75, 3.05) is 6.61 Å². The van der Waals surface area contributed by atoms with E-state index in [0.29, 0.717) is 37.4 Å². The Kier molecular flexibility index (Phi) is 14.6. The summed E-state index contributed by atoms with van der Waals surface area (Å²) in [6, 6.07) is 1.85. The van der Waals surface area contributed by atoms with Gasteiger partial charge in [-0.15, -0.1) is 0 Å². The van der Waals surface area contributed by atoms with E-state index in [1.54, 1.807) is 13.8 Å². The predicted molar refractivity (Wildman–Crippen MR) is 227 cm³/mol. The molecule has 57 heavy (non-hydrogen) atoms. The smallest absolute Gasteiger partial charge is 0.338 e. The van der Waals surface area contributed by atoms with Crippen LogP contribution >= 0.6 is 23.5 Å². The minimum Gasteiger partial charge on any atom is -0.470 e. The van der Waals surface area contributed by atoms with Crippen molar-refractivity contribution < 1.29 is 33.7 Å². The van der Waals surface area contributed by atoms with Crippen molar-refractivity contribution in [3.8, 4) is 11.5 Å². The van der Waals surface area contributed by atoms with Crippen molar-refractivity contribution in [1.82, 2.24) is 0 Å². The Morgan fingerprint density at radius 2 is 1.14 bits per heavy atom. The van der Waals surface area contributed by atoms with E-state index in [9.17, 15) is 19.5 Å². The van der Waals surface area contributed by atoms with E-state index < -0.39 is 17.0 Å². The molecule has 1 aromatic carbocycles. The Bertz CT molecular complexity index is 1690. The zero-order chi connectivity index (χ0) is 41.1. The molecule has 0 amide bonds. The molecule has 314 valence electrons. The lowest BCUT2D eigenvalue weighted by molar-refractivity contribution is -0.142. The highest BCUT2D eigenvalue weighted by molar-refractivity contribution is 8.24. The quantitative estimate of drug-likeness (QED) is 0.107. The van der Waals surface area contributed by atoms with Crippen molar-refractivity contribution in [2.45, 2.75) is 178 Å². The van der Waals surface area contributed by atoms with E-state index in [4.69, 9.17) is 20.8 Å². The minimum atomic E-state index is -1.03. The molecule has 0 atom stereocenters. The van der Waals surface area contributed by atoms with Gasteiger partial charge in [0.1, 0.15) is 11.5 Å².